The lowest BCUT2D eigenvalue weighted by atomic mass is 9.83. The van der Waals surface area contributed by atoms with Gasteiger partial charge in [0.2, 0.25) is 5.91 Å². The molecule has 6 nitrogen and oxygen atoms in total. The van der Waals surface area contributed by atoms with Crippen molar-refractivity contribution in [2.75, 3.05) is 39.9 Å². The van der Waals surface area contributed by atoms with Crippen LogP contribution in [0.5, 0.6) is 0 Å². The predicted octanol–water partition coefficient (Wildman–Crippen LogP) is 4.19. The molecule has 2 fully saturated rings. The minimum atomic E-state index is -0.418. The molecule has 3 aliphatic heterocycles. The third-order valence-corrected chi connectivity index (χ3v) is 8.39. The van der Waals surface area contributed by atoms with E-state index in [4.69, 9.17) is 4.74 Å². The van der Waals surface area contributed by atoms with Crippen LogP contribution in [0.3, 0.4) is 0 Å². The average molecular weight is 470 g/mol. The second-order valence-corrected chi connectivity index (χ2v) is 10.6. The summed E-state index contributed by atoms with van der Waals surface area (Å²) in [6.07, 6.45) is 7.94. The number of amides is 2. The molecule has 0 spiro atoms. The van der Waals surface area contributed by atoms with Gasteiger partial charge >= 0.3 is 0 Å². The van der Waals surface area contributed by atoms with E-state index in [0.717, 1.165) is 30.5 Å². The van der Waals surface area contributed by atoms with Crippen LogP contribution in [-0.4, -0.2) is 78.5 Å². The number of nitrogens with zero attached hydrogens (tertiary/aromatic N) is 3. The van der Waals surface area contributed by atoms with Gasteiger partial charge in [-0.05, 0) is 68.7 Å². The van der Waals surface area contributed by atoms with Crippen molar-refractivity contribution in [3.63, 3.8) is 0 Å². The van der Waals surface area contributed by atoms with E-state index in [0.29, 0.717) is 31.7 Å². The van der Waals surface area contributed by atoms with Gasteiger partial charge in [0, 0.05) is 45.0 Å². The number of rotatable bonds is 10. The topological polar surface area (TPSA) is 53.1 Å². The summed E-state index contributed by atoms with van der Waals surface area (Å²) in [4.78, 5) is 34.2. The molecule has 0 aliphatic carbocycles. The van der Waals surface area contributed by atoms with Crippen molar-refractivity contribution < 1.29 is 14.3 Å². The minimum Gasteiger partial charge on any atom is -0.385 e. The molecule has 0 unspecified atom stereocenters. The number of benzene rings is 1. The monoisotopic (exact) mass is 469 g/mol. The summed E-state index contributed by atoms with van der Waals surface area (Å²) >= 11 is 0. The van der Waals surface area contributed by atoms with Gasteiger partial charge in [0.1, 0.15) is 6.04 Å². The molecule has 0 saturated carbocycles. The summed E-state index contributed by atoms with van der Waals surface area (Å²) in [7, 11) is 1.72. The molecule has 0 N–H and O–H groups in total. The molecule has 34 heavy (non-hydrogen) atoms. The summed E-state index contributed by atoms with van der Waals surface area (Å²) in [5, 5.41) is 0. The highest BCUT2D eigenvalue weighted by Crippen LogP contribution is 2.33. The first-order chi connectivity index (χ1) is 16.5. The first-order valence-electron chi connectivity index (χ1n) is 13.5. The van der Waals surface area contributed by atoms with E-state index in [2.05, 4.69) is 23.6 Å². The minimum absolute atomic E-state index is 0.00205. The summed E-state index contributed by atoms with van der Waals surface area (Å²) in [5.74, 6) is 0.750. The fourth-order valence-corrected chi connectivity index (χ4v) is 6.36. The zero-order valence-electron chi connectivity index (χ0n) is 21.4. The molecule has 4 atom stereocenters. The lowest BCUT2D eigenvalue weighted by molar-refractivity contribution is -0.139. The highest BCUT2D eigenvalue weighted by Gasteiger charge is 2.42. The third-order valence-electron chi connectivity index (χ3n) is 8.39. The van der Waals surface area contributed by atoms with Gasteiger partial charge in [0.05, 0.1) is 0 Å². The molecule has 2 amide bonds. The Labute approximate surface area is 205 Å². The van der Waals surface area contributed by atoms with Crippen molar-refractivity contribution in [1.29, 1.82) is 0 Å². The highest BCUT2D eigenvalue weighted by molar-refractivity contribution is 6.01. The molecular formula is C28H43N3O3. The van der Waals surface area contributed by atoms with Crippen LogP contribution in [0.4, 0.5) is 0 Å². The van der Waals surface area contributed by atoms with E-state index in [1.165, 1.54) is 45.2 Å². The number of methoxy groups -OCH3 is 1. The zero-order valence-corrected chi connectivity index (χ0v) is 21.4. The van der Waals surface area contributed by atoms with Crippen LogP contribution >= 0.6 is 0 Å². The molecule has 4 rings (SSSR count). The first-order valence-corrected chi connectivity index (χ1v) is 13.5. The number of fused-ring (bicyclic) bond motifs is 2. The van der Waals surface area contributed by atoms with Crippen molar-refractivity contribution in [1.82, 2.24) is 14.7 Å². The maximum Gasteiger partial charge on any atom is 0.255 e. The average Bonchev–Trinajstić information content (AvgIpc) is 3.19. The molecule has 0 aromatic heterocycles. The van der Waals surface area contributed by atoms with E-state index in [1.807, 2.05) is 29.2 Å². The van der Waals surface area contributed by atoms with Gasteiger partial charge in [-0.2, -0.15) is 0 Å². The van der Waals surface area contributed by atoms with Gasteiger partial charge in [-0.15, -0.1) is 0 Å². The van der Waals surface area contributed by atoms with Gasteiger partial charge in [-0.25, -0.2) is 0 Å². The van der Waals surface area contributed by atoms with Crippen LogP contribution in [0.25, 0.3) is 0 Å². The lowest BCUT2D eigenvalue weighted by Crippen LogP contribution is -2.56. The quantitative estimate of drug-likeness (QED) is 0.482. The number of piperidine rings is 2. The van der Waals surface area contributed by atoms with Gasteiger partial charge in [0.25, 0.3) is 5.91 Å². The molecule has 188 valence electrons. The van der Waals surface area contributed by atoms with Crippen LogP contribution in [0, 0.1) is 11.8 Å². The lowest BCUT2D eigenvalue weighted by Gasteiger charge is -2.46. The number of hydrogen-bond acceptors (Lipinski definition) is 4. The fraction of sp³-hybridized carbons (Fsp3) is 0.714. The Morgan fingerprint density at radius 3 is 2.74 bits per heavy atom. The van der Waals surface area contributed by atoms with Crippen LogP contribution in [0.2, 0.25) is 0 Å². The van der Waals surface area contributed by atoms with E-state index in [1.54, 1.807) is 7.11 Å². The van der Waals surface area contributed by atoms with Crippen molar-refractivity contribution in [2.45, 2.75) is 77.4 Å². The molecule has 1 aromatic rings. The number of ether oxygens (including phenoxy) is 1. The second kappa shape index (κ2) is 11.7. The normalized spacial score (nSPS) is 24.4. The Morgan fingerprint density at radius 2 is 1.97 bits per heavy atom. The Bertz CT molecular complexity index is 842. The maximum atomic E-state index is 14.2. The van der Waals surface area contributed by atoms with Gasteiger partial charge in [-0.3, -0.25) is 9.59 Å². The largest absolute Gasteiger partial charge is 0.385 e. The van der Waals surface area contributed by atoms with Gasteiger partial charge in [-0.1, -0.05) is 44.9 Å². The number of carbonyl (C=O) groups excluding carboxylic acids is 2. The summed E-state index contributed by atoms with van der Waals surface area (Å²) in [5.41, 5.74) is 1.78. The first kappa shape index (κ1) is 25.2. The predicted molar refractivity (Wildman–Crippen MR) is 135 cm³/mol. The molecule has 0 bridgehead atoms. The molecule has 3 aliphatic rings. The van der Waals surface area contributed by atoms with E-state index >= 15 is 0 Å². The summed E-state index contributed by atoms with van der Waals surface area (Å²) in [6, 6.07) is 7.98. The zero-order chi connectivity index (χ0) is 24.1. The standard InChI is InChI=1S/C28H43N3O3/c1-4-21(2)26(31-20-22-11-5-6-13-24(22)27(31)32)28(33)30(17-10-18-34-3)19-23-12-9-16-29-15-8-7-14-25(23)29/h5-6,11,13,21,23,25-26H,4,7-10,12,14-20H2,1-3H3/t21-,23+,25-,26+/m1/s1. The molecule has 2 saturated heterocycles. The Hall–Kier alpha value is -1.92. The van der Waals surface area contributed by atoms with E-state index < -0.39 is 6.04 Å². The van der Waals surface area contributed by atoms with Crippen molar-refractivity contribution in [3.8, 4) is 0 Å². The molecular weight excluding hydrogens is 426 g/mol. The Morgan fingerprint density at radius 1 is 1.18 bits per heavy atom. The Balaban J connectivity index is 1.56. The summed E-state index contributed by atoms with van der Waals surface area (Å²) in [6.45, 7) is 9.31. The SMILES string of the molecule is CC[C@@H](C)[C@@H](C(=O)N(CCCOC)C[C@@H]1CCCN2CCCC[C@H]12)N1Cc2ccccc2C1=O. The maximum absolute atomic E-state index is 14.2. The third kappa shape index (κ3) is 5.33. The number of hydrogen-bond donors (Lipinski definition) is 0. The van der Waals surface area contributed by atoms with Crippen LogP contribution < -0.4 is 0 Å². The van der Waals surface area contributed by atoms with E-state index in [-0.39, 0.29) is 17.7 Å². The summed E-state index contributed by atoms with van der Waals surface area (Å²) < 4.78 is 5.33. The van der Waals surface area contributed by atoms with Crippen LogP contribution in [0.15, 0.2) is 24.3 Å². The van der Waals surface area contributed by atoms with Crippen LogP contribution in [0.1, 0.15) is 74.7 Å². The highest BCUT2D eigenvalue weighted by atomic mass is 16.5. The fourth-order valence-electron chi connectivity index (χ4n) is 6.36. The van der Waals surface area contributed by atoms with Crippen LogP contribution in [-0.2, 0) is 16.1 Å². The van der Waals surface area contributed by atoms with Gasteiger partial charge in [0.15, 0.2) is 0 Å². The van der Waals surface area contributed by atoms with Crippen molar-refractivity contribution in [2.24, 2.45) is 11.8 Å². The molecule has 0 radical (unpaired) electrons. The Kier molecular flexibility index (Phi) is 8.65. The van der Waals surface area contributed by atoms with Crippen molar-refractivity contribution in [3.05, 3.63) is 35.4 Å². The molecule has 6 heteroatoms. The smallest absolute Gasteiger partial charge is 0.255 e. The second-order valence-electron chi connectivity index (χ2n) is 10.6. The molecule has 3 heterocycles. The van der Waals surface area contributed by atoms with E-state index in [9.17, 15) is 9.59 Å². The van der Waals surface area contributed by atoms with Gasteiger partial charge < -0.3 is 19.4 Å². The number of carbonyl (C=O) groups is 2. The molecule has 1 aromatic carbocycles. The van der Waals surface area contributed by atoms with Crippen molar-refractivity contribution >= 4 is 11.8 Å².